The first-order valence-electron chi connectivity index (χ1n) is 3.28. The maximum absolute atomic E-state index is 11.0. The Hall–Kier alpha value is -0.585. The highest BCUT2D eigenvalue weighted by molar-refractivity contribution is 9.10. The van der Waals surface area contributed by atoms with E-state index in [9.17, 15) is 4.79 Å². The lowest BCUT2D eigenvalue weighted by Crippen LogP contribution is -2.44. The molecule has 1 rings (SSSR count). The number of aromatic amines is 1. The fraction of sp³-hybridized carbons (Fsp3) is 0.167. The number of hydrogen-bond donors (Lipinski definition) is 3. The molecule has 0 aliphatic carbocycles. The Morgan fingerprint density at radius 2 is 2.17 bits per heavy atom. The second-order valence-electron chi connectivity index (χ2n) is 2.38. The van der Waals surface area contributed by atoms with Crippen LogP contribution in [0.15, 0.2) is 15.5 Å². The molecule has 4 nitrogen and oxygen atoms in total. The van der Waals surface area contributed by atoms with Crippen LogP contribution in [-0.4, -0.2) is 22.2 Å². The monoisotopic (exact) mass is 231 g/mol. The number of H-pyrrole nitrogens is 1. The Labute approximate surface area is 77.5 Å². The zero-order chi connectivity index (χ0) is 9.30. The molecule has 0 aliphatic heterocycles. The number of pyridine rings is 1. The Bertz CT molecular complexity index is 349. The molecule has 64 valence electrons. The summed E-state index contributed by atoms with van der Waals surface area (Å²) in [6, 6.07) is 0. The van der Waals surface area contributed by atoms with Gasteiger partial charge < -0.3 is 15.0 Å². The van der Waals surface area contributed by atoms with Crippen molar-refractivity contribution in [2.45, 2.75) is 6.92 Å². The lowest BCUT2D eigenvalue weighted by molar-refractivity contribution is 0.425. The average molecular weight is 232 g/mol. The van der Waals surface area contributed by atoms with Gasteiger partial charge in [-0.3, -0.25) is 4.79 Å². The SMILES string of the molecule is Cc1c(Br)c[nH]c(=O)c1B(O)O. The predicted molar refractivity (Wildman–Crippen MR) is 49.3 cm³/mol. The van der Waals surface area contributed by atoms with Crippen LogP contribution in [0, 0.1) is 6.92 Å². The molecule has 3 N–H and O–H groups in total. The van der Waals surface area contributed by atoms with Gasteiger partial charge >= 0.3 is 7.12 Å². The average Bonchev–Trinajstić information content (AvgIpc) is 1.97. The minimum Gasteiger partial charge on any atom is -0.423 e. The van der Waals surface area contributed by atoms with Crippen LogP contribution in [0.3, 0.4) is 0 Å². The molecule has 0 saturated carbocycles. The molecule has 0 spiro atoms. The van der Waals surface area contributed by atoms with Crippen molar-refractivity contribution in [1.82, 2.24) is 4.98 Å². The van der Waals surface area contributed by atoms with E-state index < -0.39 is 12.7 Å². The van der Waals surface area contributed by atoms with Gasteiger partial charge in [-0.25, -0.2) is 0 Å². The first-order valence-corrected chi connectivity index (χ1v) is 4.07. The van der Waals surface area contributed by atoms with Gasteiger partial charge in [0.25, 0.3) is 0 Å². The molecule has 1 heterocycles. The molecule has 0 amide bonds. The van der Waals surface area contributed by atoms with Crippen molar-refractivity contribution in [2.24, 2.45) is 0 Å². The van der Waals surface area contributed by atoms with Crippen LogP contribution in [0.2, 0.25) is 0 Å². The molecule has 1 aromatic rings. The second-order valence-corrected chi connectivity index (χ2v) is 3.23. The van der Waals surface area contributed by atoms with Crippen LogP contribution >= 0.6 is 15.9 Å². The number of aromatic nitrogens is 1. The molecule has 1 aromatic heterocycles. The van der Waals surface area contributed by atoms with Crippen LogP contribution in [-0.2, 0) is 0 Å². The van der Waals surface area contributed by atoms with Gasteiger partial charge in [-0.05, 0) is 28.4 Å². The van der Waals surface area contributed by atoms with Crippen molar-refractivity contribution in [3.05, 3.63) is 26.6 Å². The summed E-state index contributed by atoms with van der Waals surface area (Å²) in [5.74, 6) is 0. The predicted octanol–water partition coefficient (Wildman–Crippen LogP) is -0.874. The number of hydrogen-bond acceptors (Lipinski definition) is 3. The van der Waals surface area contributed by atoms with Crippen LogP contribution < -0.4 is 11.0 Å². The first kappa shape index (κ1) is 9.50. The van der Waals surface area contributed by atoms with E-state index in [0.717, 1.165) is 0 Å². The van der Waals surface area contributed by atoms with E-state index in [1.165, 1.54) is 6.20 Å². The highest BCUT2D eigenvalue weighted by Gasteiger charge is 2.19. The Morgan fingerprint density at radius 1 is 1.58 bits per heavy atom. The summed E-state index contributed by atoms with van der Waals surface area (Å²) in [6.07, 6.45) is 1.46. The summed E-state index contributed by atoms with van der Waals surface area (Å²) in [6.45, 7) is 1.63. The van der Waals surface area contributed by atoms with E-state index in [4.69, 9.17) is 10.0 Å². The molecule has 0 saturated heterocycles. The summed E-state index contributed by atoms with van der Waals surface area (Å²) in [5, 5.41) is 17.6. The summed E-state index contributed by atoms with van der Waals surface area (Å²) < 4.78 is 0.644. The molecule has 0 fully saturated rings. The van der Waals surface area contributed by atoms with Gasteiger partial charge in [0.2, 0.25) is 5.56 Å². The van der Waals surface area contributed by atoms with Crippen molar-refractivity contribution in [1.29, 1.82) is 0 Å². The molecule has 6 heteroatoms. The van der Waals surface area contributed by atoms with E-state index in [1.54, 1.807) is 6.92 Å². The number of nitrogens with one attached hydrogen (secondary N) is 1. The second kappa shape index (κ2) is 3.43. The van der Waals surface area contributed by atoms with E-state index in [-0.39, 0.29) is 5.46 Å². The van der Waals surface area contributed by atoms with E-state index in [1.807, 2.05) is 0 Å². The summed E-state index contributed by atoms with van der Waals surface area (Å²) in [5.41, 5.74) is 0.0313. The van der Waals surface area contributed by atoms with Crippen molar-refractivity contribution >= 4 is 28.5 Å². The third-order valence-electron chi connectivity index (χ3n) is 1.60. The first-order chi connectivity index (χ1) is 5.54. The standard InChI is InChI=1S/C6H7BBrNO3/c1-3-4(8)2-9-6(10)5(3)7(11)12/h2,11-12H,1H3,(H,9,10). The van der Waals surface area contributed by atoms with Gasteiger partial charge in [0.1, 0.15) is 0 Å². The fourth-order valence-corrected chi connectivity index (χ4v) is 1.25. The molecule has 0 radical (unpaired) electrons. The topological polar surface area (TPSA) is 73.3 Å². The van der Waals surface area contributed by atoms with Gasteiger partial charge in [0.05, 0.1) is 5.46 Å². The maximum Gasteiger partial charge on any atom is 0.494 e. The maximum atomic E-state index is 11.0. The summed E-state index contributed by atoms with van der Waals surface area (Å²) >= 11 is 3.16. The van der Waals surface area contributed by atoms with E-state index in [0.29, 0.717) is 10.0 Å². The summed E-state index contributed by atoms with van der Waals surface area (Å²) in [7, 11) is -1.73. The van der Waals surface area contributed by atoms with Gasteiger partial charge in [-0.2, -0.15) is 0 Å². The number of halogens is 1. The van der Waals surface area contributed by atoms with Gasteiger partial charge in [-0.15, -0.1) is 0 Å². The minimum absolute atomic E-state index is 0.0237. The largest absolute Gasteiger partial charge is 0.494 e. The summed E-state index contributed by atoms with van der Waals surface area (Å²) in [4.78, 5) is 13.4. The molecule has 12 heavy (non-hydrogen) atoms. The molecular formula is C6H7BBrNO3. The Morgan fingerprint density at radius 3 is 2.58 bits per heavy atom. The van der Waals surface area contributed by atoms with Gasteiger partial charge in [0, 0.05) is 10.7 Å². The minimum atomic E-state index is -1.73. The van der Waals surface area contributed by atoms with Crippen LogP contribution in [0.1, 0.15) is 5.56 Å². The quantitative estimate of drug-likeness (QED) is 0.550. The van der Waals surface area contributed by atoms with Gasteiger partial charge in [-0.1, -0.05) is 0 Å². The van der Waals surface area contributed by atoms with Crippen molar-refractivity contribution in [3.8, 4) is 0 Å². The lowest BCUT2D eigenvalue weighted by Gasteiger charge is -2.03. The van der Waals surface area contributed by atoms with Crippen LogP contribution in [0.25, 0.3) is 0 Å². The Balaban J connectivity index is 3.43. The number of rotatable bonds is 1. The van der Waals surface area contributed by atoms with Crippen LogP contribution in [0.4, 0.5) is 0 Å². The van der Waals surface area contributed by atoms with Crippen molar-refractivity contribution in [2.75, 3.05) is 0 Å². The third kappa shape index (κ3) is 1.60. The molecular weight excluding hydrogens is 225 g/mol. The van der Waals surface area contributed by atoms with E-state index in [2.05, 4.69) is 20.9 Å². The highest BCUT2D eigenvalue weighted by Crippen LogP contribution is 2.09. The Kier molecular flexibility index (Phi) is 2.71. The van der Waals surface area contributed by atoms with Crippen molar-refractivity contribution < 1.29 is 10.0 Å². The van der Waals surface area contributed by atoms with E-state index >= 15 is 0 Å². The molecule has 0 atom stereocenters. The zero-order valence-corrected chi connectivity index (χ0v) is 7.92. The fourth-order valence-electron chi connectivity index (χ4n) is 0.925. The van der Waals surface area contributed by atoms with Crippen molar-refractivity contribution in [3.63, 3.8) is 0 Å². The highest BCUT2D eigenvalue weighted by atomic mass is 79.9. The molecule has 0 aliphatic rings. The third-order valence-corrected chi connectivity index (χ3v) is 2.42. The molecule has 0 bridgehead atoms. The zero-order valence-electron chi connectivity index (χ0n) is 6.34. The van der Waals surface area contributed by atoms with Gasteiger partial charge in [0.15, 0.2) is 0 Å². The molecule has 0 aromatic carbocycles. The smallest absolute Gasteiger partial charge is 0.423 e. The lowest BCUT2D eigenvalue weighted by atomic mass is 9.78. The van der Waals surface area contributed by atoms with Crippen LogP contribution in [0.5, 0.6) is 0 Å². The normalized spacial score (nSPS) is 10.0. The molecule has 0 unspecified atom stereocenters.